The van der Waals surface area contributed by atoms with Crippen LogP contribution in [0.2, 0.25) is 0 Å². The lowest BCUT2D eigenvalue weighted by Crippen LogP contribution is -2.46. The van der Waals surface area contributed by atoms with Gasteiger partial charge in [0.2, 0.25) is 0 Å². The summed E-state index contributed by atoms with van der Waals surface area (Å²) in [6, 6.07) is 8.85. The summed E-state index contributed by atoms with van der Waals surface area (Å²) >= 11 is 0. The third-order valence-corrected chi connectivity index (χ3v) is 6.43. The van der Waals surface area contributed by atoms with Crippen LogP contribution in [0.3, 0.4) is 0 Å². The number of rotatable bonds is 3. The number of nitriles is 1. The molecule has 0 N–H and O–H groups in total. The fourth-order valence-electron chi connectivity index (χ4n) is 4.69. The number of aryl methyl sites for hydroxylation is 1. The third-order valence-electron chi connectivity index (χ3n) is 6.43. The Balaban J connectivity index is 1.56. The summed E-state index contributed by atoms with van der Waals surface area (Å²) in [6.07, 6.45) is -0.187. The maximum Gasteiger partial charge on any atom is 0.416 e. The van der Waals surface area contributed by atoms with Crippen molar-refractivity contribution < 1.29 is 18.0 Å². The number of hydrogen-bond donors (Lipinski definition) is 0. The van der Waals surface area contributed by atoms with E-state index in [2.05, 4.69) is 9.88 Å². The number of benzene rings is 1. The molecular weight excluding hydrogens is 417 g/mol. The third kappa shape index (κ3) is 4.49. The van der Waals surface area contributed by atoms with E-state index >= 15 is 0 Å². The van der Waals surface area contributed by atoms with Crippen LogP contribution in [0.15, 0.2) is 30.3 Å². The molecule has 0 aliphatic carbocycles. The topological polar surface area (TPSA) is 60.2 Å². The molecule has 2 aliphatic heterocycles. The van der Waals surface area contributed by atoms with Gasteiger partial charge in [0.15, 0.2) is 0 Å². The molecule has 2 aromatic rings. The van der Waals surface area contributed by atoms with Crippen LogP contribution in [0.5, 0.6) is 0 Å². The number of hydrogen-bond acceptors (Lipinski definition) is 4. The Morgan fingerprint density at radius 1 is 1.12 bits per heavy atom. The SMILES string of the molecule is Cc1cc(-c2cccc(C(F)(F)F)c2)c(C#N)nc1C(=O)N1CCC(N2CCCC2)CC1. The number of halogens is 3. The van der Waals surface area contributed by atoms with Gasteiger partial charge in [-0.3, -0.25) is 4.79 Å². The average Bonchev–Trinajstić information content (AvgIpc) is 3.33. The monoisotopic (exact) mass is 442 g/mol. The summed E-state index contributed by atoms with van der Waals surface area (Å²) in [4.78, 5) is 21.7. The van der Waals surface area contributed by atoms with Crippen LogP contribution >= 0.6 is 0 Å². The smallest absolute Gasteiger partial charge is 0.337 e. The number of likely N-dealkylation sites (tertiary alicyclic amines) is 2. The van der Waals surface area contributed by atoms with Gasteiger partial charge in [-0.05, 0) is 75.0 Å². The van der Waals surface area contributed by atoms with Crippen molar-refractivity contribution in [3.63, 3.8) is 0 Å². The molecular formula is C24H25F3N4O. The molecule has 1 amide bonds. The molecule has 0 radical (unpaired) electrons. The minimum Gasteiger partial charge on any atom is -0.337 e. The predicted octanol–water partition coefficient (Wildman–Crippen LogP) is 4.65. The van der Waals surface area contributed by atoms with Gasteiger partial charge in [-0.25, -0.2) is 4.98 Å². The first-order chi connectivity index (χ1) is 15.3. The van der Waals surface area contributed by atoms with Crippen LogP contribution in [0.4, 0.5) is 13.2 Å². The van der Waals surface area contributed by atoms with Crippen LogP contribution in [0.25, 0.3) is 11.1 Å². The van der Waals surface area contributed by atoms with Crippen LogP contribution in [-0.2, 0) is 6.18 Å². The number of carbonyl (C=O) groups excluding carboxylic acids is 1. The number of aromatic nitrogens is 1. The summed E-state index contributed by atoms with van der Waals surface area (Å²) < 4.78 is 39.3. The van der Waals surface area contributed by atoms with E-state index in [-0.39, 0.29) is 22.9 Å². The van der Waals surface area contributed by atoms with Gasteiger partial charge in [-0.15, -0.1) is 0 Å². The van der Waals surface area contributed by atoms with E-state index in [0.717, 1.165) is 38.1 Å². The molecule has 32 heavy (non-hydrogen) atoms. The van der Waals surface area contributed by atoms with E-state index in [4.69, 9.17) is 0 Å². The highest BCUT2D eigenvalue weighted by Crippen LogP contribution is 2.33. The molecule has 0 bridgehead atoms. The molecule has 0 atom stereocenters. The Labute approximate surface area is 185 Å². The zero-order chi connectivity index (χ0) is 22.9. The summed E-state index contributed by atoms with van der Waals surface area (Å²) in [5.41, 5.74) is 0.431. The minimum absolute atomic E-state index is 0.0507. The lowest BCUT2D eigenvalue weighted by molar-refractivity contribution is -0.137. The Morgan fingerprint density at radius 2 is 1.81 bits per heavy atom. The number of piperidine rings is 1. The average molecular weight is 442 g/mol. The summed E-state index contributed by atoms with van der Waals surface area (Å²) in [6.45, 7) is 5.23. The molecule has 2 aliphatic rings. The first kappa shape index (κ1) is 22.3. The van der Waals surface area contributed by atoms with Crippen molar-refractivity contribution in [2.45, 2.75) is 44.8 Å². The molecule has 0 unspecified atom stereocenters. The van der Waals surface area contributed by atoms with Crippen molar-refractivity contribution in [2.24, 2.45) is 0 Å². The van der Waals surface area contributed by atoms with Gasteiger partial charge >= 0.3 is 6.18 Å². The van der Waals surface area contributed by atoms with E-state index in [1.807, 2.05) is 6.07 Å². The van der Waals surface area contributed by atoms with Crippen molar-refractivity contribution in [3.8, 4) is 17.2 Å². The van der Waals surface area contributed by atoms with Crippen LogP contribution in [0.1, 0.15) is 53.0 Å². The van der Waals surface area contributed by atoms with Crippen LogP contribution in [-0.4, -0.2) is 52.9 Å². The zero-order valence-electron chi connectivity index (χ0n) is 18.0. The number of carbonyl (C=O) groups is 1. The molecule has 3 heterocycles. The van der Waals surface area contributed by atoms with Crippen molar-refractivity contribution in [1.82, 2.24) is 14.8 Å². The first-order valence-electron chi connectivity index (χ1n) is 10.9. The normalized spacial score (nSPS) is 18.0. The van der Waals surface area contributed by atoms with Gasteiger partial charge in [0.05, 0.1) is 5.56 Å². The first-order valence-corrected chi connectivity index (χ1v) is 10.9. The van der Waals surface area contributed by atoms with Crippen LogP contribution < -0.4 is 0 Å². The Kier molecular flexibility index (Phi) is 6.20. The molecule has 0 spiro atoms. The Bertz CT molecular complexity index is 1050. The molecule has 1 aromatic heterocycles. The second-order valence-corrected chi connectivity index (χ2v) is 8.51. The van der Waals surface area contributed by atoms with Crippen molar-refractivity contribution in [2.75, 3.05) is 26.2 Å². The molecule has 4 rings (SSSR count). The van der Waals surface area contributed by atoms with Crippen molar-refractivity contribution in [3.05, 3.63) is 52.8 Å². The molecule has 8 heteroatoms. The standard InChI is InChI=1S/C24H25F3N4O/c1-16-13-20(17-5-4-6-18(14-17)24(25,26)27)21(15-28)29-22(16)23(32)31-11-7-19(8-12-31)30-9-2-3-10-30/h4-6,13-14,19H,2-3,7-12H2,1H3. The quantitative estimate of drug-likeness (QED) is 0.695. The van der Waals surface area contributed by atoms with Crippen molar-refractivity contribution in [1.29, 1.82) is 5.26 Å². The maximum atomic E-state index is 13.1. The van der Waals surface area contributed by atoms with Crippen molar-refractivity contribution >= 4 is 5.91 Å². The second-order valence-electron chi connectivity index (χ2n) is 8.51. The molecule has 2 saturated heterocycles. The number of alkyl halides is 3. The summed E-state index contributed by atoms with van der Waals surface area (Å²) in [5.74, 6) is -0.227. The molecule has 5 nitrogen and oxygen atoms in total. The molecule has 168 valence electrons. The maximum absolute atomic E-state index is 13.1. The molecule has 0 saturated carbocycles. The Morgan fingerprint density at radius 3 is 2.44 bits per heavy atom. The van der Waals surface area contributed by atoms with E-state index in [0.29, 0.717) is 30.3 Å². The molecule has 2 fully saturated rings. The summed E-state index contributed by atoms with van der Waals surface area (Å²) in [5, 5.41) is 9.61. The van der Waals surface area contributed by atoms with E-state index in [9.17, 15) is 23.2 Å². The van der Waals surface area contributed by atoms with Gasteiger partial charge in [0.25, 0.3) is 5.91 Å². The predicted molar refractivity (Wildman–Crippen MR) is 114 cm³/mol. The fourth-order valence-corrected chi connectivity index (χ4v) is 4.69. The highest BCUT2D eigenvalue weighted by atomic mass is 19.4. The van der Waals surface area contributed by atoms with Gasteiger partial charge in [-0.2, -0.15) is 18.4 Å². The Hall–Kier alpha value is -2.92. The van der Waals surface area contributed by atoms with E-state index < -0.39 is 11.7 Å². The van der Waals surface area contributed by atoms with E-state index in [1.54, 1.807) is 17.9 Å². The largest absolute Gasteiger partial charge is 0.416 e. The second kappa shape index (κ2) is 8.91. The van der Waals surface area contributed by atoms with Gasteiger partial charge < -0.3 is 9.80 Å². The number of nitrogens with zero attached hydrogens (tertiary/aromatic N) is 4. The highest BCUT2D eigenvalue weighted by Gasteiger charge is 2.32. The zero-order valence-corrected chi connectivity index (χ0v) is 18.0. The summed E-state index contributed by atoms with van der Waals surface area (Å²) in [7, 11) is 0. The van der Waals surface area contributed by atoms with Gasteiger partial charge in [-0.1, -0.05) is 12.1 Å². The lowest BCUT2D eigenvalue weighted by Gasteiger charge is -2.36. The fraction of sp³-hybridized carbons (Fsp3) is 0.458. The van der Waals surface area contributed by atoms with E-state index in [1.165, 1.54) is 25.0 Å². The number of amides is 1. The minimum atomic E-state index is -4.48. The molecule has 1 aromatic carbocycles. The van der Waals surface area contributed by atoms with Crippen LogP contribution in [0, 0.1) is 18.3 Å². The van der Waals surface area contributed by atoms with Gasteiger partial charge in [0, 0.05) is 24.7 Å². The van der Waals surface area contributed by atoms with Gasteiger partial charge in [0.1, 0.15) is 17.5 Å². The lowest BCUT2D eigenvalue weighted by atomic mass is 9.98. The number of pyridine rings is 1. The highest BCUT2D eigenvalue weighted by molar-refractivity contribution is 5.94.